The molecule has 25 heavy (non-hydrogen) atoms. The maximum absolute atomic E-state index is 11.6. The van der Waals surface area contributed by atoms with Gasteiger partial charge in [0.05, 0.1) is 13.1 Å². The molecule has 2 atom stereocenters. The van der Waals surface area contributed by atoms with Crippen molar-refractivity contribution >= 4 is 28.3 Å². The van der Waals surface area contributed by atoms with E-state index in [4.69, 9.17) is 0 Å². The number of H-pyrrole nitrogens is 1. The van der Waals surface area contributed by atoms with Crippen molar-refractivity contribution in [2.24, 2.45) is 5.92 Å². The van der Waals surface area contributed by atoms with Gasteiger partial charge in [-0.25, -0.2) is 0 Å². The molecule has 0 saturated carbocycles. The molecule has 1 fully saturated rings. The Hall–Kier alpha value is -2.44. The summed E-state index contributed by atoms with van der Waals surface area (Å²) in [6.07, 6.45) is 5.47. The minimum Gasteiger partial charge on any atom is -0.361 e. The molecule has 128 valence electrons. The number of hydrogen-bond donors (Lipinski definition) is 3. The predicted molar refractivity (Wildman–Crippen MR) is 94.9 cm³/mol. The van der Waals surface area contributed by atoms with E-state index >= 15 is 0 Å². The van der Waals surface area contributed by atoms with Gasteiger partial charge in [-0.1, -0.05) is 18.2 Å². The van der Waals surface area contributed by atoms with Crippen molar-refractivity contribution in [1.29, 1.82) is 0 Å². The molecule has 1 aromatic heterocycles. The molecule has 5 rings (SSSR count). The second-order valence-corrected chi connectivity index (χ2v) is 7.23. The van der Waals surface area contributed by atoms with Gasteiger partial charge in [-0.05, 0) is 29.2 Å². The predicted octanol–water partition coefficient (Wildman–Crippen LogP) is 0.654. The Labute approximate surface area is 145 Å². The van der Waals surface area contributed by atoms with Crippen LogP contribution in [-0.2, 0) is 16.0 Å². The molecule has 6 heteroatoms. The number of aromatic amines is 1. The van der Waals surface area contributed by atoms with E-state index in [0.717, 1.165) is 19.5 Å². The number of aromatic nitrogens is 1. The smallest absolute Gasteiger partial charge is 0.240 e. The largest absolute Gasteiger partial charge is 0.361 e. The Kier molecular flexibility index (Phi) is 3.29. The lowest BCUT2D eigenvalue weighted by atomic mass is 9.81. The van der Waals surface area contributed by atoms with Gasteiger partial charge in [0.15, 0.2) is 0 Å². The summed E-state index contributed by atoms with van der Waals surface area (Å²) in [7, 11) is 0. The summed E-state index contributed by atoms with van der Waals surface area (Å²) in [5.74, 6) is -0.115. The number of nitrogens with zero attached hydrogens (tertiary/aromatic N) is 1. The number of carbonyl (C=O) groups is 2. The summed E-state index contributed by atoms with van der Waals surface area (Å²) in [5.41, 5.74) is 5.21. The summed E-state index contributed by atoms with van der Waals surface area (Å²) in [6, 6.07) is 6.75. The van der Waals surface area contributed by atoms with Gasteiger partial charge in [-0.15, -0.1) is 0 Å². The first-order valence-electron chi connectivity index (χ1n) is 8.77. The van der Waals surface area contributed by atoms with Crippen LogP contribution in [0.4, 0.5) is 0 Å². The van der Waals surface area contributed by atoms with Gasteiger partial charge in [0.1, 0.15) is 0 Å². The van der Waals surface area contributed by atoms with Crippen LogP contribution in [0.2, 0.25) is 0 Å². The molecule has 2 unspecified atom stereocenters. The molecule has 2 aliphatic heterocycles. The molecule has 1 aromatic carbocycles. The number of imide groups is 1. The highest BCUT2D eigenvalue weighted by Crippen LogP contribution is 2.38. The van der Waals surface area contributed by atoms with E-state index in [1.807, 2.05) is 4.90 Å². The summed E-state index contributed by atoms with van der Waals surface area (Å²) in [4.78, 5) is 28.5. The van der Waals surface area contributed by atoms with Crippen LogP contribution >= 0.6 is 0 Å². The van der Waals surface area contributed by atoms with Crippen LogP contribution in [-0.4, -0.2) is 53.9 Å². The number of piperazine rings is 1. The second kappa shape index (κ2) is 5.54. The van der Waals surface area contributed by atoms with Gasteiger partial charge in [0.25, 0.3) is 0 Å². The number of nitrogens with one attached hydrogen (secondary N) is 3. The van der Waals surface area contributed by atoms with E-state index in [2.05, 4.69) is 46.1 Å². The van der Waals surface area contributed by atoms with Crippen molar-refractivity contribution < 1.29 is 9.59 Å². The van der Waals surface area contributed by atoms with Crippen LogP contribution in [0.1, 0.15) is 11.1 Å². The van der Waals surface area contributed by atoms with Crippen molar-refractivity contribution in [1.82, 2.24) is 20.5 Å². The molecule has 0 bridgehead atoms. The molecule has 0 radical (unpaired) electrons. The van der Waals surface area contributed by atoms with Gasteiger partial charge >= 0.3 is 0 Å². The normalized spacial score (nSPS) is 26.3. The maximum Gasteiger partial charge on any atom is 0.240 e. The average Bonchev–Trinajstić information content (AvgIpc) is 2.99. The van der Waals surface area contributed by atoms with Crippen LogP contribution in [0.15, 0.2) is 30.5 Å². The number of carbonyl (C=O) groups excluding carboxylic acids is 2. The summed E-state index contributed by atoms with van der Waals surface area (Å²) in [6.45, 7) is 2.19. The lowest BCUT2D eigenvalue weighted by Gasteiger charge is -2.36. The van der Waals surface area contributed by atoms with Crippen molar-refractivity contribution in [2.75, 3.05) is 26.2 Å². The molecule has 1 aliphatic carbocycles. The molecule has 1 saturated heterocycles. The minimum absolute atomic E-state index is 0.204. The minimum atomic E-state index is -0.204. The third-order valence-corrected chi connectivity index (χ3v) is 5.45. The monoisotopic (exact) mass is 336 g/mol. The molecule has 6 nitrogen and oxygen atoms in total. The number of amides is 2. The van der Waals surface area contributed by atoms with Gasteiger partial charge in [-0.3, -0.25) is 19.8 Å². The van der Waals surface area contributed by atoms with E-state index in [9.17, 15) is 9.59 Å². The van der Waals surface area contributed by atoms with Gasteiger partial charge < -0.3 is 10.3 Å². The van der Waals surface area contributed by atoms with Crippen LogP contribution < -0.4 is 10.6 Å². The fourth-order valence-corrected chi connectivity index (χ4v) is 4.44. The SMILES string of the molecule is O=C1CN(CC2C=C3c4cccc5[nH]cc(c45)CC3NC2)CC(=O)N1. The molecule has 3 N–H and O–H groups in total. The summed E-state index contributed by atoms with van der Waals surface area (Å²) < 4.78 is 0. The third-order valence-electron chi connectivity index (χ3n) is 5.45. The van der Waals surface area contributed by atoms with Crippen LogP contribution in [0.3, 0.4) is 0 Å². The van der Waals surface area contributed by atoms with E-state index in [-0.39, 0.29) is 11.8 Å². The molecular weight excluding hydrogens is 316 g/mol. The van der Waals surface area contributed by atoms with Crippen molar-refractivity contribution in [3.8, 4) is 0 Å². The summed E-state index contributed by atoms with van der Waals surface area (Å²) >= 11 is 0. The van der Waals surface area contributed by atoms with Crippen LogP contribution in [0, 0.1) is 5.92 Å². The van der Waals surface area contributed by atoms with Crippen molar-refractivity contribution in [3.05, 3.63) is 41.6 Å². The molecule has 2 amide bonds. The van der Waals surface area contributed by atoms with Gasteiger partial charge in [0.2, 0.25) is 11.8 Å². The van der Waals surface area contributed by atoms with Crippen LogP contribution in [0.5, 0.6) is 0 Å². The maximum atomic E-state index is 11.6. The van der Waals surface area contributed by atoms with Crippen molar-refractivity contribution in [2.45, 2.75) is 12.5 Å². The topological polar surface area (TPSA) is 77.2 Å². The first-order valence-corrected chi connectivity index (χ1v) is 8.77. The highest BCUT2D eigenvalue weighted by molar-refractivity contribution is 5.99. The van der Waals surface area contributed by atoms with E-state index < -0.39 is 0 Å². The molecule has 3 aliphatic rings. The zero-order chi connectivity index (χ0) is 17.0. The standard InChI is InChI=1S/C19H20N4O2/c24-17-9-23(10-18(25)22-17)8-11-4-14-13-2-1-3-15-19(13)12(7-21-15)5-16(14)20-6-11/h1-4,7,11,16,20-21H,5-6,8-10H2,(H,22,24,25). The second-order valence-electron chi connectivity index (χ2n) is 7.23. The number of fused-ring (bicyclic) bond motifs is 2. The van der Waals surface area contributed by atoms with E-state index in [1.165, 1.54) is 27.6 Å². The highest BCUT2D eigenvalue weighted by Gasteiger charge is 2.31. The molecule has 3 heterocycles. The van der Waals surface area contributed by atoms with Gasteiger partial charge in [-0.2, -0.15) is 0 Å². The first-order chi connectivity index (χ1) is 12.2. The highest BCUT2D eigenvalue weighted by atomic mass is 16.2. The Morgan fingerprint density at radius 3 is 2.84 bits per heavy atom. The lowest BCUT2D eigenvalue weighted by molar-refractivity contribution is -0.136. The first kappa shape index (κ1) is 14.9. The number of rotatable bonds is 2. The van der Waals surface area contributed by atoms with E-state index in [0.29, 0.717) is 25.0 Å². The Bertz CT molecular complexity index is 897. The van der Waals surface area contributed by atoms with E-state index in [1.54, 1.807) is 0 Å². The number of benzene rings is 1. The van der Waals surface area contributed by atoms with Crippen molar-refractivity contribution in [3.63, 3.8) is 0 Å². The summed E-state index contributed by atoms with van der Waals surface area (Å²) in [5, 5.41) is 7.35. The molecule has 2 aromatic rings. The fourth-order valence-electron chi connectivity index (χ4n) is 4.44. The van der Waals surface area contributed by atoms with Crippen LogP contribution in [0.25, 0.3) is 16.5 Å². The quantitative estimate of drug-likeness (QED) is 0.704. The Morgan fingerprint density at radius 1 is 1.16 bits per heavy atom. The molecule has 0 spiro atoms. The zero-order valence-corrected chi connectivity index (χ0v) is 13.8. The third kappa shape index (κ3) is 2.49. The lowest BCUT2D eigenvalue weighted by Crippen LogP contribution is -2.53. The fraction of sp³-hybridized carbons (Fsp3) is 0.368. The average molecular weight is 336 g/mol. The zero-order valence-electron chi connectivity index (χ0n) is 13.8. The number of hydrogen-bond acceptors (Lipinski definition) is 4. The van der Waals surface area contributed by atoms with Gasteiger partial charge in [0, 0.05) is 42.1 Å². The Balaban J connectivity index is 1.45. The molecular formula is C19H20N4O2. The Morgan fingerprint density at radius 2 is 2.00 bits per heavy atom.